The van der Waals surface area contributed by atoms with Crippen LogP contribution in [0, 0.1) is 18.8 Å². The van der Waals surface area contributed by atoms with Gasteiger partial charge in [0.05, 0.1) is 0 Å². The Morgan fingerprint density at radius 2 is 2.17 bits per heavy atom. The van der Waals surface area contributed by atoms with Gasteiger partial charge in [-0.25, -0.2) is 4.98 Å². The van der Waals surface area contributed by atoms with E-state index in [9.17, 15) is 4.79 Å². The van der Waals surface area contributed by atoms with E-state index in [4.69, 9.17) is 5.73 Å². The van der Waals surface area contributed by atoms with Gasteiger partial charge in [-0.2, -0.15) is 0 Å². The number of aryl methyl sites for hydroxylation is 1. The SMILES string of the molecule is Cc1nc(N2C[C@H]3CCC(N)C[C@H]3C2)cc(=O)[nH]1. The summed E-state index contributed by atoms with van der Waals surface area (Å²) in [5, 5.41) is 0. The summed E-state index contributed by atoms with van der Waals surface area (Å²) in [6.07, 6.45) is 3.46. The molecule has 18 heavy (non-hydrogen) atoms. The largest absolute Gasteiger partial charge is 0.356 e. The minimum atomic E-state index is -0.0657. The van der Waals surface area contributed by atoms with Crippen LogP contribution in [0.25, 0.3) is 0 Å². The highest BCUT2D eigenvalue weighted by Gasteiger charge is 2.37. The molecule has 3 atom stereocenters. The highest BCUT2D eigenvalue weighted by molar-refractivity contribution is 5.39. The molecule has 2 heterocycles. The molecule has 5 nitrogen and oxygen atoms in total. The quantitative estimate of drug-likeness (QED) is 0.765. The third kappa shape index (κ3) is 2.14. The molecule has 0 bridgehead atoms. The van der Waals surface area contributed by atoms with Gasteiger partial charge in [-0.3, -0.25) is 4.79 Å². The fraction of sp³-hybridized carbons (Fsp3) is 0.692. The number of hydrogen-bond donors (Lipinski definition) is 2. The zero-order valence-corrected chi connectivity index (χ0v) is 10.7. The van der Waals surface area contributed by atoms with E-state index in [2.05, 4.69) is 14.9 Å². The van der Waals surface area contributed by atoms with Gasteiger partial charge in [-0.1, -0.05) is 0 Å². The molecule has 0 aromatic carbocycles. The van der Waals surface area contributed by atoms with Crippen LogP contribution >= 0.6 is 0 Å². The fourth-order valence-corrected chi connectivity index (χ4v) is 3.38. The first-order chi connectivity index (χ1) is 8.61. The van der Waals surface area contributed by atoms with Gasteiger partial charge in [-0.15, -0.1) is 0 Å². The Morgan fingerprint density at radius 3 is 2.94 bits per heavy atom. The minimum Gasteiger partial charge on any atom is -0.356 e. The number of aromatic amines is 1. The van der Waals surface area contributed by atoms with Gasteiger partial charge in [0, 0.05) is 25.2 Å². The number of H-pyrrole nitrogens is 1. The van der Waals surface area contributed by atoms with E-state index in [1.165, 1.54) is 6.42 Å². The van der Waals surface area contributed by atoms with E-state index < -0.39 is 0 Å². The molecule has 5 heteroatoms. The van der Waals surface area contributed by atoms with Crippen molar-refractivity contribution in [2.75, 3.05) is 18.0 Å². The number of aromatic nitrogens is 2. The fourth-order valence-electron chi connectivity index (χ4n) is 3.38. The Morgan fingerprint density at radius 1 is 1.39 bits per heavy atom. The zero-order chi connectivity index (χ0) is 12.7. The van der Waals surface area contributed by atoms with Gasteiger partial charge in [0.2, 0.25) is 0 Å². The summed E-state index contributed by atoms with van der Waals surface area (Å²) in [7, 11) is 0. The standard InChI is InChI=1S/C13H20N4O/c1-8-15-12(5-13(18)16-8)17-6-9-2-3-11(14)4-10(9)7-17/h5,9-11H,2-4,6-7,14H2,1H3,(H,15,16,18)/t9-,10+,11?/m1/s1. The Labute approximate surface area is 106 Å². The molecule has 1 aliphatic carbocycles. The molecule has 3 N–H and O–H groups in total. The summed E-state index contributed by atoms with van der Waals surface area (Å²) in [6.45, 7) is 3.84. The number of nitrogens with one attached hydrogen (secondary N) is 1. The highest BCUT2D eigenvalue weighted by atomic mass is 16.1. The average Bonchev–Trinajstić information content (AvgIpc) is 2.70. The first kappa shape index (κ1) is 11.7. The van der Waals surface area contributed by atoms with Crippen molar-refractivity contribution in [2.24, 2.45) is 17.6 Å². The third-order valence-electron chi connectivity index (χ3n) is 4.26. The number of anilines is 1. The summed E-state index contributed by atoms with van der Waals surface area (Å²) < 4.78 is 0. The molecule has 2 fully saturated rings. The maximum Gasteiger partial charge on any atom is 0.252 e. The Balaban J connectivity index is 1.80. The normalized spacial score (nSPS) is 31.4. The predicted octanol–water partition coefficient (Wildman–Crippen LogP) is 0.642. The second-order valence-corrected chi connectivity index (χ2v) is 5.69. The molecular weight excluding hydrogens is 228 g/mol. The number of fused-ring (bicyclic) bond motifs is 1. The van der Waals surface area contributed by atoms with Crippen molar-refractivity contribution in [1.29, 1.82) is 0 Å². The van der Waals surface area contributed by atoms with Crippen molar-refractivity contribution in [2.45, 2.75) is 32.2 Å². The second-order valence-electron chi connectivity index (χ2n) is 5.69. The number of nitrogens with zero attached hydrogens (tertiary/aromatic N) is 2. The van der Waals surface area contributed by atoms with Crippen LogP contribution < -0.4 is 16.2 Å². The molecule has 1 saturated carbocycles. The first-order valence-corrected chi connectivity index (χ1v) is 6.70. The summed E-state index contributed by atoms with van der Waals surface area (Å²) in [4.78, 5) is 20.9. The van der Waals surface area contributed by atoms with Crippen LogP contribution in [0.1, 0.15) is 25.1 Å². The lowest BCUT2D eigenvalue weighted by Gasteiger charge is -2.27. The molecule has 0 amide bonds. The van der Waals surface area contributed by atoms with Gasteiger partial charge in [-0.05, 0) is 38.0 Å². The lowest BCUT2D eigenvalue weighted by atomic mass is 9.79. The molecule has 98 valence electrons. The highest BCUT2D eigenvalue weighted by Crippen LogP contribution is 2.36. The molecule has 1 aliphatic heterocycles. The van der Waals surface area contributed by atoms with Gasteiger partial charge in [0.25, 0.3) is 5.56 Å². The summed E-state index contributed by atoms with van der Waals surface area (Å²) in [5.74, 6) is 2.91. The van der Waals surface area contributed by atoms with E-state index >= 15 is 0 Å². The van der Waals surface area contributed by atoms with Crippen molar-refractivity contribution in [3.8, 4) is 0 Å². The number of nitrogens with two attached hydrogens (primary N) is 1. The zero-order valence-electron chi connectivity index (χ0n) is 10.7. The molecule has 1 unspecified atom stereocenters. The molecule has 1 aromatic heterocycles. The van der Waals surface area contributed by atoms with E-state index in [-0.39, 0.29) is 5.56 Å². The van der Waals surface area contributed by atoms with E-state index in [0.717, 1.165) is 37.7 Å². The van der Waals surface area contributed by atoms with Gasteiger partial charge in [0.1, 0.15) is 11.6 Å². The summed E-state index contributed by atoms with van der Waals surface area (Å²) in [5.41, 5.74) is 5.97. The maximum absolute atomic E-state index is 11.5. The molecule has 2 aliphatic rings. The third-order valence-corrected chi connectivity index (χ3v) is 4.26. The van der Waals surface area contributed by atoms with Crippen LogP contribution in [0.3, 0.4) is 0 Å². The monoisotopic (exact) mass is 248 g/mol. The molecule has 0 spiro atoms. The summed E-state index contributed by atoms with van der Waals surface area (Å²) >= 11 is 0. The Bertz CT molecular complexity index is 498. The Kier molecular flexibility index (Phi) is 2.86. The van der Waals surface area contributed by atoms with Crippen LogP contribution in [-0.4, -0.2) is 29.1 Å². The van der Waals surface area contributed by atoms with Gasteiger partial charge >= 0.3 is 0 Å². The van der Waals surface area contributed by atoms with Crippen LogP contribution in [0.15, 0.2) is 10.9 Å². The topological polar surface area (TPSA) is 75.0 Å². The first-order valence-electron chi connectivity index (χ1n) is 6.70. The van der Waals surface area contributed by atoms with Crippen molar-refractivity contribution in [1.82, 2.24) is 9.97 Å². The molecular formula is C13H20N4O. The number of rotatable bonds is 1. The Hall–Kier alpha value is -1.36. The minimum absolute atomic E-state index is 0.0657. The number of hydrogen-bond acceptors (Lipinski definition) is 4. The average molecular weight is 248 g/mol. The van der Waals surface area contributed by atoms with Crippen LogP contribution in [-0.2, 0) is 0 Å². The second kappa shape index (κ2) is 4.39. The van der Waals surface area contributed by atoms with E-state index in [1.54, 1.807) is 6.07 Å². The van der Waals surface area contributed by atoms with Crippen LogP contribution in [0.2, 0.25) is 0 Å². The lowest BCUT2D eigenvalue weighted by Crippen LogP contribution is -2.32. The van der Waals surface area contributed by atoms with E-state index in [0.29, 0.717) is 17.8 Å². The van der Waals surface area contributed by atoms with Crippen molar-refractivity contribution < 1.29 is 0 Å². The maximum atomic E-state index is 11.5. The molecule has 1 saturated heterocycles. The van der Waals surface area contributed by atoms with Crippen molar-refractivity contribution >= 4 is 5.82 Å². The molecule has 0 radical (unpaired) electrons. The van der Waals surface area contributed by atoms with Gasteiger partial charge < -0.3 is 15.6 Å². The van der Waals surface area contributed by atoms with Gasteiger partial charge in [0.15, 0.2) is 0 Å². The van der Waals surface area contributed by atoms with Crippen LogP contribution in [0.5, 0.6) is 0 Å². The van der Waals surface area contributed by atoms with Crippen molar-refractivity contribution in [3.63, 3.8) is 0 Å². The predicted molar refractivity (Wildman–Crippen MR) is 70.6 cm³/mol. The molecule has 1 aromatic rings. The lowest BCUT2D eigenvalue weighted by molar-refractivity contribution is 0.271. The smallest absolute Gasteiger partial charge is 0.252 e. The van der Waals surface area contributed by atoms with Crippen molar-refractivity contribution in [3.05, 3.63) is 22.2 Å². The summed E-state index contributed by atoms with van der Waals surface area (Å²) in [6, 6.07) is 1.96. The van der Waals surface area contributed by atoms with Crippen LogP contribution in [0.4, 0.5) is 5.82 Å². The molecule has 3 rings (SSSR count). The van der Waals surface area contributed by atoms with E-state index in [1.807, 2.05) is 6.92 Å².